The van der Waals surface area contributed by atoms with Gasteiger partial charge in [-0.05, 0) is 88.5 Å². The number of nitrogens with zero attached hydrogens (tertiary/aromatic N) is 4. The number of rotatable bonds is 13. The highest BCUT2D eigenvalue weighted by Crippen LogP contribution is 2.41. The molecule has 1 fully saturated rings. The molecule has 0 atom stereocenters. The molecule has 0 bridgehead atoms. The van der Waals surface area contributed by atoms with Crippen LogP contribution in [0.2, 0.25) is 0 Å². The van der Waals surface area contributed by atoms with Crippen LogP contribution in [0.5, 0.6) is 0 Å². The third-order valence-electron chi connectivity index (χ3n) is 7.77. The molecule has 0 amide bonds. The molecule has 1 heterocycles. The van der Waals surface area contributed by atoms with Crippen molar-refractivity contribution in [1.29, 1.82) is 0 Å². The van der Waals surface area contributed by atoms with Crippen LogP contribution in [0.4, 0.5) is 21.5 Å². The van der Waals surface area contributed by atoms with Gasteiger partial charge in [-0.1, -0.05) is 73.7 Å². The van der Waals surface area contributed by atoms with E-state index in [2.05, 4.69) is 97.7 Å². The average Bonchev–Trinajstić information content (AvgIpc) is 3.72. The Kier molecular flexibility index (Phi) is 8.40. The lowest BCUT2D eigenvalue weighted by Crippen LogP contribution is -2.28. The van der Waals surface area contributed by atoms with Gasteiger partial charge in [-0.2, -0.15) is 0 Å². The summed E-state index contributed by atoms with van der Waals surface area (Å²) >= 11 is 0. The maximum Gasteiger partial charge on any atom is 0.180 e. The van der Waals surface area contributed by atoms with Gasteiger partial charge in [0, 0.05) is 24.3 Å². The van der Waals surface area contributed by atoms with Gasteiger partial charge in [0.1, 0.15) is 5.82 Å². The third-order valence-corrected chi connectivity index (χ3v) is 7.77. The Bertz CT molecular complexity index is 1600. The zero-order chi connectivity index (χ0) is 28.7. The summed E-state index contributed by atoms with van der Waals surface area (Å²) in [5.41, 5.74) is 8.06. The highest BCUT2D eigenvalue weighted by Gasteiger charge is 2.26. The van der Waals surface area contributed by atoms with E-state index in [1.54, 1.807) is 6.07 Å². The van der Waals surface area contributed by atoms with Crippen LogP contribution in [0.25, 0.3) is 22.5 Å². The summed E-state index contributed by atoms with van der Waals surface area (Å²) in [6.07, 6.45) is 4.15. The molecule has 0 unspecified atom stereocenters. The van der Waals surface area contributed by atoms with E-state index >= 15 is 0 Å². The highest BCUT2D eigenvalue weighted by atomic mass is 19.1. The van der Waals surface area contributed by atoms with Gasteiger partial charge in [0.15, 0.2) is 5.82 Å². The van der Waals surface area contributed by atoms with E-state index < -0.39 is 0 Å². The molecule has 0 spiro atoms. The second-order valence-corrected chi connectivity index (χ2v) is 10.8. The molecule has 1 aromatic heterocycles. The summed E-state index contributed by atoms with van der Waals surface area (Å²) in [6.45, 7) is 4.49. The van der Waals surface area contributed by atoms with E-state index in [0.717, 1.165) is 78.1 Å². The first-order valence-electron chi connectivity index (χ1n) is 14.7. The zero-order valence-corrected chi connectivity index (χ0v) is 23.9. The van der Waals surface area contributed by atoms with Crippen LogP contribution in [0.3, 0.4) is 0 Å². The largest absolute Gasteiger partial charge is 0.370 e. The second kappa shape index (κ2) is 12.9. The van der Waals surface area contributed by atoms with Gasteiger partial charge >= 0.3 is 0 Å². The molecule has 0 saturated heterocycles. The highest BCUT2D eigenvalue weighted by molar-refractivity contribution is 5.85. The van der Waals surface area contributed by atoms with Gasteiger partial charge in [-0.3, -0.25) is 0 Å². The Morgan fingerprint density at radius 2 is 1.69 bits per heavy atom. The number of nitrogens with one attached hydrogen (secondary N) is 3. The predicted octanol–water partition coefficient (Wildman–Crippen LogP) is 7.49. The molecule has 214 valence electrons. The maximum absolute atomic E-state index is 14.7. The molecule has 6 rings (SSSR count). The molecular weight excluding hydrogens is 525 g/mol. The molecule has 4 aromatic carbocycles. The van der Waals surface area contributed by atoms with Crippen molar-refractivity contribution in [3.05, 3.63) is 108 Å². The summed E-state index contributed by atoms with van der Waals surface area (Å²) in [5, 5.41) is 21.6. The minimum absolute atomic E-state index is 0.126. The van der Waals surface area contributed by atoms with Gasteiger partial charge in [0.05, 0.1) is 18.0 Å². The fraction of sp³-hybridized carbons (Fsp3) is 0.265. The molecule has 1 aliphatic rings. The number of benzene rings is 4. The number of hydrogen-bond donors (Lipinski definition) is 3. The first kappa shape index (κ1) is 27.4. The molecule has 3 N–H and O–H groups in total. The molecule has 8 heteroatoms. The standard InChI is InChI=1S/C34H36FN7/c1-2-19-42(20-18-24-8-4-3-5-9-24)33-17-14-26(28-10-6-7-11-30(28)34-38-40-41-39-34)21-32(33)37-23-36-27-15-16-29(25-12-13-25)31(35)22-27/h3-11,14-17,21-22,25,36-37H,2,12-13,18-20,23H2,1H3,(H,38,39,40,41). The molecule has 5 aromatic rings. The van der Waals surface area contributed by atoms with E-state index in [-0.39, 0.29) is 5.82 Å². The van der Waals surface area contributed by atoms with Crippen LogP contribution in [0.15, 0.2) is 91.0 Å². The fourth-order valence-corrected chi connectivity index (χ4v) is 5.47. The van der Waals surface area contributed by atoms with Gasteiger partial charge in [-0.15, -0.1) is 5.10 Å². The molecule has 42 heavy (non-hydrogen) atoms. The van der Waals surface area contributed by atoms with Crippen LogP contribution < -0.4 is 15.5 Å². The first-order chi connectivity index (χ1) is 20.7. The van der Waals surface area contributed by atoms with Gasteiger partial charge in [0.25, 0.3) is 0 Å². The summed E-state index contributed by atoms with van der Waals surface area (Å²) in [4.78, 5) is 2.44. The molecule has 7 nitrogen and oxygen atoms in total. The number of anilines is 3. The normalized spacial score (nSPS) is 12.7. The van der Waals surface area contributed by atoms with Crippen molar-refractivity contribution >= 4 is 17.1 Å². The lowest BCUT2D eigenvalue weighted by atomic mass is 9.98. The SMILES string of the molecule is CCCN(CCc1ccccc1)c1ccc(-c2ccccc2-c2nnn[nH]2)cc1NCNc1ccc(C2CC2)c(F)c1. The third kappa shape index (κ3) is 6.43. The zero-order valence-electron chi connectivity index (χ0n) is 23.9. The van der Waals surface area contributed by atoms with E-state index in [9.17, 15) is 4.39 Å². The first-order valence-corrected chi connectivity index (χ1v) is 14.7. The number of halogens is 1. The number of hydrogen-bond acceptors (Lipinski definition) is 6. The smallest absolute Gasteiger partial charge is 0.180 e. The summed E-state index contributed by atoms with van der Waals surface area (Å²) in [5.74, 6) is 0.884. The lowest BCUT2D eigenvalue weighted by molar-refractivity contribution is 0.611. The summed E-state index contributed by atoms with van der Waals surface area (Å²) < 4.78 is 14.7. The second-order valence-electron chi connectivity index (χ2n) is 10.8. The average molecular weight is 562 g/mol. The Morgan fingerprint density at radius 1 is 0.881 bits per heavy atom. The number of aromatic amines is 1. The van der Waals surface area contributed by atoms with Crippen LogP contribution in [0, 0.1) is 5.82 Å². The number of tetrazole rings is 1. The minimum Gasteiger partial charge on any atom is -0.370 e. The minimum atomic E-state index is -0.126. The quantitative estimate of drug-likeness (QED) is 0.129. The summed E-state index contributed by atoms with van der Waals surface area (Å²) in [6, 6.07) is 30.7. The Morgan fingerprint density at radius 3 is 2.43 bits per heavy atom. The number of H-pyrrole nitrogens is 1. The molecular formula is C34H36FN7. The topological polar surface area (TPSA) is 81.8 Å². The Balaban J connectivity index is 1.29. The summed E-state index contributed by atoms with van der Waals surface area (Å²) in [7, 11) is 0. The Hall–Kier alpha value is -4.72. The molecule has 0 radical (unpaired) electrons. The van der Waals surface area contributed by atoms with Gasteiger partial charge in [0.2, 0.25) is 0 Å². The van der Waals surface area contributed by atoms with Crippen molar-refractivity contribution in [2.24, 2.45) is 0 Å². The van der Waals surface area contributed by atoms with Gasteiger partial charge in [-0.25, -0.2) is 9.49 Å². The maximum atomic E-state index is 14.7. The molecule has 1 saturated carbocycles. The van der Waals surface area contributed by atoms with Crippen molar-refractivity contribution in [3.8, 4) is 22.5 Å². The van der Waals surface area contributed by atoms with Crippen molar-refractivity contribution < 1.29 is 4.39 Å². The van der Waals surface area contributed by atoms with Crippen LogP contribution in [-0.4, -0.2) is 40.4 Å². The van der Waals surface area contributed by atoms with E-state index in [1.807, 2.05) is 30.3 Å². The molecule has 1 aliphatic carbocycles. The van der Waals surface area contributed by atoms with Crippen molar-refractivity contribution in [2.75, 3.05) is 35.3 Å². The van der Waals surface area contributed by atoms with Crippen LogP contribution in [0.1, 0.15) is 43.2 Å². The van der Waals surface area contributed by atoms with Crippen LogP contribution in [-0.2, 0) is 6.42 Å². The monoisotopic (exact) mass is 561 g/mol. The lowest BCUT2D eigenvalue weighted by Gasteiger charge is -2.28. The predicted molar refractivity (Wildman–Crippen MR) is 168 cm³/mol. The van der Waals surface area contributed by atoms with Crippen molar-refractivity contribution in [1.82, 2.24) is 20.6 Å². The van der Waals surface area contributed by atoms with Crippen molar-refractivity contribution in [2.45, 2.75) is 38.5 Å². The molecule has 0 aliphatic heterocycles. The van der Waals surface area contributed by atoms with E-state index in [0.29, 0.717) is 18.4 Å². The number of aromatic nitrogens is 4. The van der Waals surface area contributed by atoms with E-state index in [4.69, 9.17) is 0 Å². The van der Waals surface area contributed by atoms with Crippen molar-refractivity contribution in [3.63, 3.8) is 0 Å². The van der Waals surface area contributed by atoms with Gasteiger partial charge < -0.3 is 15.5 Å². The Labute approximate surface area is 246 Å². The van der Waals surface area contributed by atoms with E-state index in [1.165, 1.54) is 5.56 Å². The fourth-order valence-electron chi connectivity index (χ4n) is 5.47. The van der Waals surface area contributed by atoms with Crippen LogP contribution >= 0.6 is 0 Å².